The Hall–Kier alpha value is -1.20. The summed E-state index contributed by atoms with van der Waals surface area (Å²) in [5.41, 5.74) is 0. The van der Waals surface area contributed by atoms with Gasteiger partial charge in [-0.1, -0.05) is 206 Å². The van der Waals surface area contributed by atoms with Crippen LogP contribution in [-0.2, 0) is 28.9 Å². The Balaban J connectivity index is 2.44. The third kappa shape index (κ3) is 32.2. The molecule has 1 heterocycles. The fourth-order valence-electron chi connectivity index (χ4n) is 8.34. The molecule has 0 aromatic carbocycles. The SMILES string of the molecule is CCCCCCCCCCCCCC/C=C\CCCCCCCCC(O)C(=O)NC(COC1OC(CO)C(O)C(OS(=O)(=O)O)C1O)C(O)CCCCCCCCCCCCCC. The van der Waals surface area contributed by atoms with Gasteiger partial charge < -0.3 is 40.3 Å². The average Bonchev–Trinajstić information content (AvgIpc) is 3.25. The fraction of sp³-hybridized carbons (Fsp3) is 0.939. The Bertz CT molecular complexity index is 1190. The zero-order chi connectivity index (χ0) is 46.4. The molecule has 1 fully saturated rings. The Morgan fingerprint density at radius 2 is 1.02 bits per heavy atom. The highest BCUT2D eigenvalue weighted by Crippen LogP contribution is 2.26. The molecule has 13 nitrogen and oxygen atoms in total. The highest BCUT2D eigenvalue weighted by atomic mass is 32.3. The molecule has 0 aromatic rings. The summed E-state index contributed by atoms with van der Waals surface area (Å²) in [6, 6.07) is -1.03. The van der Waals surface area contributed by atoms with E-state index < -0.39 is 78.5 Å². The number of aliphatic hydroxyl groups excluding tert-OH is 5. The van der Waals surface area contributed by atoms with Crippen molar-refractivity contribution in [3.05, 3.63) is 12.2 Å². The van der Waals surface area contributed by atoms with Gasteiger partial charge in [0.2, 0.25) is 5.91 Å². The molecule has 63 heavy (non-hydrogen) atoms. The van der Waals surface area contributed by atoms with Crippen LogP contribution in [0.5, 0.6) is 0 Å². The monoisotopic (exact) mass is 922 g/mol. The van der Waals surface area contributed by atoms with E-state index >= 15 is 0 Å². The number of allylic oxidation sites excluding steroid dienone is 2. The molecule has 0 radical (unpaired) electrons. The molecule has 8 unspecified atom stereocenters. The molecule has 1 amide bonds. The maximum absolute atomic E-state index is 13.2. The molecule has 1 rings (SSSR count). The van der Waals surface area contributed by atoms with Gasteiger partial charge in [-0.15, -0.1) is 0 Å². The lowest BCUT2D eigenvalue weighted by Gasteiger charge is -2.41. The van der Waals surface area contributed by atoms with Crippen molar-refractivity contribution < 1.29 is 57.0 Å². The number of carbonyl (C=O) groups is 1. The fourth-order valence-corrected chi connectivity index (χ4v) is 8.85. The summed E-state index contributed by atoms with van der Waals surface area (Å²) in [5.74, 6) is -0.672. The molecule has 1 aliphatic rings. The number of hydrogen-bond acceptors (Lipinski definition) is 11. The first-order chi connectivity index (χ1) is 30.4. The molecular weight excluding hydrogens is 827 g/mol. The largest absolute Gasteiger partial charge is 0.397 e. The normalized spacial score (nSPS) is 20.9. The Labute approximate surface area is 383 Å². The second-order valence-electron chi connectivity index (χ2n) is 18.3. The van der Waals surface area contributed by atoms with Crippen LogP contribution in [0.25, 0.3) is 0 Å². The van der Waals surface area contributed by atoms with E-state index in [0.29, 0.717) is 19.3 Å². The van der Waals surface area contributed by atoms with Crippen molar-refractivity contribution in [2.45, 2.75) is 281 Å². The van der Waals surface area contributed by atoms with E-state index in [-0.39, 0.29) is 6.42 Å². The molecule has 1 saturated heterocycles. The second kappa shape index (κ2) is 39.9. The molecule has 0 saturated carbocycles. The molecule has 0 aliphatic carbocycles. The smallest absolute Gasteiger partial charge is 0.394 e. The molecule has 0 aromatic heterocycles. The molecule has 0 spiro atoms. The predicted octanol–water partition coefficient (Wildman–Crippen LogP) is 9.70. The topological polar surface area (TPSA) is 212 Å². The van der Waals surface area contributed by atoms with E-state index in [1.807, 2.05) is 0 Å². The van der Waals surface area contributed by atoms with Gasteiger partial charge >= 0.3 is 10.4 Å². The zero-order valence-corrected chi connectivity index (χ0v) is 40.6. The van der Waals surface area contributed by atoms with Crippen molar-refractivity contribution in [2.75, 3.05) is 13.2 Å². The minimum absolute atomic E-state index is 0.255. The van der Waals surface area contributed by atoms with Gasteiger partial charge in [0.05, 0.1) is 25.4 Å². The van der Waals surface area contributed by atoms with Gasteiger partial charge in [-0.2, -0.15) is 8.42 Å². The highest BCUT2D eigenvalue weighted by molar-refractivity contribution is 7.80. The van der Waals surface area contributed by atoms with Crippen molar-refractivity contribution in [1.82, 2.24) is 5.32 Å². The molecule has 7 N–H and O–H groups in total. The number of carbonyl (C=O) groups excluding carboxylic acids is 1. The van der Waals surface area contributed by atoms with Gasteiger partial charge in [-0.25, -0.2) is 4.18 Å². The quantitative estimate of drug-likeness (QED) is 0.0173. The first-order valence-corrected chi connectivity index (χ1v) is 27.0. The van der Waals surface area contributed by atoms with Crippen molar-refractivity contribution in [2.24, 2.45) is 0 Å². The summed E-state index contributed by atoms with van der Waals surface area (Å²) in [6.07, 6.45) is 32.6. The molecule has 14 heteroatoms. The number of ether oxygens (including phenoxy) is 2. The third-order valence-corrected chi connectivity index (χ3v) is 12.9. The van der Waals surface area contributed by atoms with Crippen LogP contribution in [0.3, 0.4) is 0 Å². The van der Waals surface area contributed by atoms with Crippen LogP contribution < -0.4 is 5.32 Å². The van der Waals surface area contributed by atoms with E-state index in [4.69, 9.17) is 9.47 Å². The number of hydrogen-bond donors (Lipinski definition) is 7. The number of aliphatic hydroxyl groups is 5. The maximum Gasteiger partial charge on any atom is 0.397 e. The molecular formula is C49H95NO12S. The van der Waals surface area contributed by atoms with Crippen molar-refractivity contribution in [1.29, 1.82) is 0 Å². The molecule has 8 atom stereocenters. The number of amides is 1. The summed E-state index contributed by atoms with van der Waals surface area (Å²) in [4.78, 5) is 13.2. The van der Waals surface area contributed by atoms with Crippen LogP contribution in [0.15, 0.2) is 12.2 Å². The Morgan fingerprint density at radius 1 is 0.619 bits per heavy atom. The standard InChI is InChI=1S/C49H95NO12S/c1-3-5-7-9-11-13-15-17-18-19-20-21-22-23-24-25-26-28-30-32-34-36-38-43(53)48(56)50-41(42(52)37-35-33-31-29-27-16-14-12-10-8-6-4-2)40-60-49-46(55)47(62-63(57,58)59)45(54)44(39-51)61-49/h23-24,41-47,49,51-55H,3-22,25-40H2,1-2H3,(H,50,56)(H,57,58,59)/b24-23-. The van der Waals surface area contributed by atoms with Crippen LogP contribution in [-0.4, -0.2) is 107 Å². The van der Waals surface area contributed by atoms with E-state index in [9.17, 15) is 43.3 Å². The van der Waals surface area contributed by atoms with Crippen molar-refractivity contribution >= 4 is 16.3 Å². The number of nitrogens with one attached hydrogen (secondary N) is 1. The van der Waals surface area contributed by atoms with Gasteiger partial charge in [0.25, 0.3) is 0 Å². The van der Waals surface area contributed by atoms with E-state index in [2.05, 4.69) is 35.5 Å². The zero-order valence-electron chi connectivity index (χ0n) is 39.8. The van der Waals surface area contributed by atoms with Crippen LogP contribution in [0, 0.1) is 0 Å². The Kier molecular flexibility index (Phi) is 37.9. The van der Waals surface area contributed by atoms with Gasteiger partial charge in [-0.05, 0) is 38.5 Å². The lowest BCUT2D eigenvalue weighted by atomic mass is 9.99. The van der Waals surface area contributed by atoms with Crippen molar-refractivity contribution in [3.8, 4) is 0 Å². The van der Waals surface area contributed by atoms with Crippen LogP contribution in [0.1, 0.15) is 232 Å². The lowest BCUT2D eigenvalue weighted by Crippen LogP contribution is -2.61. The van der Waals surface area contributed by atoms with Crippen LogP contribution in [0.4, 0.5) is 0 Å². The maximum atomic E-state index is 13.2. The summed E-state index contributed by atoms with van der Waals surface area (Å²) < 4.78 is 47.6. The number of unbranched alkanes of at least 4 members (excludes halogenated alkanes) is 29. The lowest BCUT2D eigenvalue weighted by molar-refractivity contribution is -0.298. The van der Waals surface area contributed by atoms with E-state index in [1.54, 1.807) is 0 Å². The molecule has 374 valence electrons. The van der Waals surface area contributed by atoms with Crippen LogP contribution >= 0.6 is 0 Å². The van der Waals surface area contributed by atoms with Crippen LogP contribution in [0.2, 0.25) is 0 Å². The second-order valence-corrected chi connectivity index (χ2v) is 19.3. The summed E-state index contributed by atoms with van der Waals surface area (Å²) in [7, 11) is -5.11. The molecule has 0 bridgehead atoms. The first-order valence-electron chi connectivity index (χ1n) is 25.7. The van der Waals surface area contributed by atoms with Gasteiger partial charge in [0.1, 0.15) is 30.5 Å². The van der Waals surface area contributed by atoms with Gasteiger partial charge in [0, 0.05) is 0 Å². The van der Waals surface area contributed by atoms with Gasteiger partial charge in [0.15, 0.2) is 6.29 Å². The van der Waals surface area contributed by atoms with Crippen molar-refractivity contribution in [3.63, 3.8) is 0 Å². The van der Waals surface area contributed by atoms with E-state index in [0.717, 1.165) is 57.8 Å². The van der Waals surface area contributed by atoms with Gasteiger partial charge in [-0.3, -0.25) is 9.35 Å². The molecule has 1 aliphatic heterocycles. The minimum atomic E-state index is -5.11. The highest BCUT2D eigenvalue weighted by Gasteiger charge is 2.48. The predicted molar refractivity (Wildman–Crippen MR) is 252 cm³/mol. The first kappa shape index (κ1) is 59.8. The minimum Gasteiger partial charge on any atom is -0.394 e. The summed E-state index contributed by atoms with van der Waals surface area (Å²) >= 11 is 0. The van der Waals surface area contributed by atoms with E-state index in [1.165, 1.54) is 135 Å². The number of rotatable bonds is 44. The average molecular weight is 922 g/mol. The third-order valence-electron chi connectivity index (χ3n) is 12.4. The Morgan fingerprint density at radius 3 is 1.43 bits per heavy atom. The summed E-state index contributed by atoms with van der Waals surface area (Å²) in [6.45, 7) is 3.29. The summed E-state index contributed by atoms with van der Waals surface area (Å²) in [5, 5.41) is 55.4.